The van der Waals surface area contributed by atoms with E-state index in [1.54, 1.807) is 0 Å². The Labute approximate surface area is 117 Å². The van der Waals surface area contributed by atoms with Crippen LogP contribution in [0.3, 0.4) is 0 Å². The van der Waals surface area contributed by atoms with Crippen molar-refractivity contribution in [3.05, 3.63) is 29.0 Å². The van der Waals surface area contributed by atoms with Gasteiger partial charge in [-0.1, -0.05) is 24.9 Å². The zero-order valence-electron chi connectivity index (χ0n) is 10.6. The summed E-state index contributed by atoms with van der Waals surface area (Å²) >= 11 is 5.56. The number of hydrogen-bond donors (Lipinski definition) is 2. The highest BCUT2D eigenvalue weighted by Gasteiger charge is 2.17. The molecule has 0 saturated heterocycles. The second kappa shape index (κ2) is 7.19. The molecule has 1 rings (SSSR count). The van der Waals surface area contributed by atoms with Crippen molar-refractivity contribution >= 4 is 21.6 Å². The van der Waals surface area contributed by atoms with Gasteiger partial charge in [-0.15, -0.1) is 0 Å². The van der Waals surface area contributed by atoms with Gasteiger partial charge < -0.3 is 5.11 Å². The smallest absolute Gasteiger partial charge is 0.240 e. The average molecular weight is 310 g/mol. The van der Waals surface area contributed by atoms with E-state index in [9.17, 15) is 12.8 Å². The molecule has 1 unspecified atom stereocenters. The summed E-state index contributed by atoms with van der Waals surface area (Å²) in [5.74, 6) is -0.594. The highest BCUT2D eigenvalue weighted by molar-refractivity contribution is 7.89. The number of aliphatic hydroxyl groups is 1. The molecular weight excluding hydrogens is 293 g/mol. The highest BCUT2D eigenvalue weighted by atomic mass is 35.5. The third-order valence-electron chi connectivity index (χ3n) is 2.88. The molecule has 0 spiro atoms. The van der Waals surface area contributed by atoms with E-state index >= 15 is 0 Å². The minimum absolute atomic E-state index is 0.0165. The fourth-order valence-corrected chi connectivity index (χ4v) is 2.98. The van der Waals surface area contributed by atoms with Crippen LogP contribution in [-0.4, -0.2) is 26.7 Å². The molecule has 0 aromatic heterocycles. The molecule has 0 fully saturated rings. The summed E-state index contributed by atoms with van der Waals surface area (Å²) in [7, 11) is -3.71. The monoisotopic (exact) mass is 309 g/mol. The first kappa shape index (κ1) is 16.4. The molecule has 0 aliphatic rings. The predicted octanol–water partition coefficient (Wildman–Crippen LogP) is 2.17. The topological polar surface area (TPSA) is 66.4 Å². The van der Waals surface area contributed by atoms with Crippen LogP contribution in [0.25, 0.3) is 0 Å². The Morgan fingerprint density at radius 3 is 2.68 bits per heavy atom. The summed E-state index contributed by atoms with van der Waals surface area (Å²) in [5.41, 5.74) is 0. The van der Waals surface area contributed by atoms with Crippen LogP contribution in [0.1, 0.15) is 19.8 Å². The molecule has 1 atom stereocenters. The van der Waals surface area contributed by atoms with E-state index < -0.39 is 15.8 Å². The van der Waals surface area contributed by atoms with Crippen LogP contribution in [0.4, 0.5) is 4.39 Å². The summed E-state index contributed by atoms with van der Waals surface area (Å²) in [6.45, 7) is 2.17. The summed E-state index contributed by atoms with van der Waals surface area (Å²) < 4.78 is 39.4. The Bertz CT molecular complexity index is 522. The second-order valence-corrected chi connectivity index (χ2v) is 6.39. The molecule has 0 heterocycles. The van der Waals surface area contributed by atoms with Gasteiger partial charge in [0.25, 0.3) is 0 Å². The SMILES string of the molecule is CCC(CCO)CNS(=O)(=O)c1ccc(F)c(Cl)c1. The molecule has 7 heteroatoms. The molecule has 0 aliphatic carbocycles. The lowest BCUT2D eigenvalue weighted by atomic mass is 10.0. The average Bonchev–Trinajstić information content (AvgIpc) is 2.37. The molecule has 0 aliphatic heterocycles. The van der Waals surface area contributed by atoms with E-state index in [1.807, 2.05) is 6.92 Å². The van der Waals surface area contributed by atoms with E-state index in [-0.39, 0.29) is 29.0 Å². The van der Waals surface area contributed by atoms with Crippen molar-refractivity contribution in [3.63, 3.8) is 0 Å². The normalized spacial score (nSPS) is 13.5. The zero-order chi connectivity index (χ0) is 14.5. The molecule has 108 valence electrons. The third-order valence-corrected chi connectivity index (χ3v) is 4.59. The standard InChI is InChI=1S/C12H17ClFNO3S/c1-2-9(5-6-16)8-15-19(17,18)10-3-4-12(14)11(13)7-10/h3-4,7,9,15-16H,2,5-6,8H2,1H3. The van der Waals surface area contributed by atoms with Gasteiger partial charge in [-0.2, -0.15) is 0 Å². The van der Waals surface area contributed by atoms with Gasteiger partial charge in [-0.25, -0.2) is 17.5 Å². The van der Waals surface area contributed by atoms with Crippen LogP contribution >= 0.6 is 11.6 Å². The summed E-state index contributed by atoms with van der Waals surface area (Å²) in [4.78, 5) is -0.0715. The fraction of sp³-hybridized carbons (Fsp3) is 0.500. The van der Waals surface area contributed by atoms with Crippen molar-refractivity contribution in [1.29, 1.82) is 0 Å². The first-order valence-electron chi connectivity index (χ1n) is 5.96. The molecule has 0 radical (unpaired) electrons. The predicted molar refractivity (Wildman–Crippen MR) is 72.1 cm³/mol. The lowest BCUT2D eigenvalue weighted by molar-refractivity contribution is 0.254. The zero-order valence-corrected chi connectivity index (χ0v) is 12.1. The van der Waals surface area contributed by atoms with Crippen molar-refractivity contribution in [2.45, 2.75) is 24.7 Å². The second-order valence-electron chi connectivity index (χ2n) is 4.21. The largest absolute Gasteiger partial charge is 0.396 e. The Hall–Kier alpha value is -0.690. The number of benzene rings is 1. The van der Waals surface area contributed by atoms with E-state index in [0.717, 1.165) is 24.6 Å². The van der Waals surface area contributed by atoms with E-state index in [4.69, 9.17) is 16.7 Å². The Morgan fingerprint density at radius 1 is 1.47 bits per heavy atom. The molecule has 4 nitrogen and oxygen atoms in total. The summed E-state index contributed by atoms with van der Waals surface area (Å²) in [5, 5.41) is 8.61. The molecule has 1 aromatic rings. The first-order valence-corrected chi connectivity index (χ1v) is 7.82. The van der Waals surface area contributed by atoms with E-state index in [0.29, 0.717) is 6.42 Å². The van der Waals surface area contributed by atoms with Crippen LogP contribution in [0.15, 0.2) is 23.1 Å². The van der Waals surface area contributed by atoms with Gasteiger partial charge in [0.2, 0.25) is 10.0 Å². The van der Waals surface area contributed by atoms with Crippen molar-refractivity contribution in [1.82, 2.24) is 4.72 Å². The molecule has 0 saturated carbocycles. The first-order chi connectivity index (χ1) is 8.90. The molecule has 19 heavy (non-hydrogen) atoms. The molecule has 0 amide bonds. The van der Waals surface area contributed by atoms with Crippen molar-refractivity contribution in [2.75, 3.05) is 13.2 Å². The maximum atomic E-state index is 13.0. The number of hydrogen-bond acceptors (Lipinski definition) is 3. The minimum atomic E-state index is -3.71. The fourth-order valence-electron chi connectivity index (χ4n) is 1.59. The van der Waals surface area contributed by atoms with Gasteiger partial charge >= 0.3 is 0 Å². The van der Waals surface area contributed by atoms with Crippen molar-refractivity contribution in [2.24, 2.45) is 5.92 Å². The van der Waals surface area contributed by atoms with E-state index in [2.05, 4.69) is 4.72 Å². The lowest BCUT2D eigenvalue weighted by Crippen LogP contribution is -2.29. The maximum Gasteiger partial charge on any atom is 0.240 e. The van der Waals surface area contributed by atoms with Crippen LogP contribution in [-0.2, 0) is 10.0 Å². The highest BCUT2D eigenvalue weighted by Crippen LogP contribution is 2.19. The number of sulfonamides is 1. The van der Waals surface area contributed by atoms with Crippen LogP contribution in [0, 0.1) is 11.7 Å². The van der Waals surface area contributed by atoms with Crippen LogP contribution < -0.4 is 4.72 Å². The number of halogens is 2. The number of nitrogens with one attached hydrogen (secondary N) is 1. The van der Waals surface area contributed by atoms with Gasteiger partial charge in [0, 0.05) is 13.2 Å². The van der Waals surface area contributed by atoms with Gasteiger partial charge in [-0.3, -0.25) is 0 Å². The van der Waals surface area contributed by atoms with Crippen LogP contribution in [0.2, 0.25) is 5.02 Å². The number of rotatable bonds is 7. The van der Waals surface area contributed by atoms with Gasteiger partial charge in [0.05, 0.1) is 9.92 Å². The quantitative estimate of drug-likeness (QED) is 0.811. The maximum absolute atomic E-state index is 13.0. The van der Waals surface area contributed by atoms with Gasteiger partial charge in [0.1, 0.15) is 5.82 Å². The Balaban J connectivity index is 2.78. The third kappa shape index (κ3) is 4.72. The van der Waals surface area contributed by atoms with Crippen molar-refractivity contribution < 1.29 is 17.9 Å². The van der Waals surface area contributed by atoms with Gasteiger partial charge in [0.15, 0.2) is 0 Å². The van der Waals surface area contributed by atoms with Crippen LogP contribution in [0.5, 0.6) is 0 Å². The summed E-state index contributed by atoms with van der Waals surface area (Å²) in [6.07, 6.45) is 1.29. The minimum Gasteiger partial charge on any atom is -0.396 e. The summed E-state index contributed by atoms with van der Waals surface area (Å²) in [6, 6.07) is 3.25. The van der Waals surface area contributed by atoms with Gasteiger partial charge in [-0.05, 0) is 30.5 Å². The van der Waals surface area contributed by atoms with Crippen molar-refractivity contribution in [3.8, 4) is 0 Å². The molecule has 0 bridgehead atoms. The lowest BCUT2D eigenvalue weighted by Gasteiger charge is -2.14. The molecule has 2 N–H and O–H groups in total. The molecular formula is C12H17ClFNO3S. The van der Waals surface area contributed by atoms with E-state index in [1.165, 1.54) is 0 Å². The number of aliphatic hydroxyl groups excluding tert-OH is 1. The molecule has 1 aromatic carbocycles. The Kier molecular flexibility index (Phi) is 6.19. The Morgan fingerprint density at radius 2 is 2.16 bits per heavy atom.